The van der Waals surface area contributed by atoms with E-state index in [1.807, 2.05) is 6.08 Å². The van der Waals surface area contributed by atoms with Crippen molar-refractivity contribution < 1.29 is 0 Å². The summed E-state index contributed by atoms with van der Waals surface area (Å²) in [6.45, 7) is 14.3. The van der Waals surface area contributed by atoms with E-state index in [0.717, 1.165) is 18.5 Å². The van der Waals surface area contributed by atoms with Gasteiger partial charge in [0.15, 0.2) is 0 Å². The molecule has 1 rings (SSSR count). The predicted octanol–water partition coefficient (Wildman–Crippen LogP) is 2.27. The van der Waals surface area contributed by atoms with Crippen LogP contribution >= 0.6 is 0 Å². The molecule has 2 nitrogen and oxygen atoms in total. The van der Waals surface area contributed by atoms with Crippen molar-refractivity contribution in [1.82, 2.24) is 10.2 Å². The van der Waals surface area contributed by atoms with Gasteiger partial charge in [0.2, 0.25) is 0 Å². The van der Waals surface area contributed by atoms with Crippen molar-refractivity contribution in [3.63, 3.8) is 0 Å². The highest BCUT2D eigenvalue weighted by atomic mass is 15.2. The van der Waals surface area contributed by atoms with Gasteiger partial charge in [0.1, 0.15) is 0 Å². The third-order valence-corrected chi connectivity index (χ3v) is 3.51. The molecule has 0 saturated carbocycles. The molecule has 0 aromatic heterocycles. The zero-order valence-corrected chi connectivity index (χ0v) is 10.5. The van der Waals surface area contributed by atoms with Gasteiger partial charge in [-0.05, 0) is 32.2 Å². The van der Waals surface area contributed by atoms with E-state index in [-0.39, 0.29) is 0 Å². The Bertz CT molecular complexity index is 191. The summed E-state index contributed by atoms with van der Waals surface area (Å²) >= 11 is 0. The van der Waals surface area contributed by atoms with E-state index < -0.39 is 0 Å². The first kappa shape index (κ1) is 12.7. The van der Waals surface area contributed by atoms with Crippen LogP contribution in [0.3, 0.4) is 0 Å². The van der Waals surface area contributed by atoms with Gasteiger partial charge >= 0.3 is 0 Å². The number of rotatable bonds is 5. The molecule has 0 bridgehead atoms. The lowest BCUT2D eigenvalue weighted by Crippen LogP contribution is -2.50. The number of likely N-dealkylation sites (tertiary alicyclic amines) is 1. The Morgan fingerprint density at radius 1 is 1.60 bits per heavy atom. The summed E-state index contributed by atoms with van der Waals surface area (Å²) in [4.78, 5) is 2.53. The van der Waals surface area contributed by atoms with Gasteiger partial charge in [-0.2, -0.15) is 0 Å². The molecule has 1 fully saturated rings. The molecule has 3 unspecified atom stereocenters. The van der Waals surface area contributed by atoms with Crippen LogP contribution in [0.2, 0.25) is 0 Å². The molecule has 0 aliphatic carbocycles. The third-order valence-electron chi connectivity index (χ3n) is 3.51. The third kappa shape index (κ3) is 3.62. The van der Waals surface area contributed by atoms with Crippen LogP contribution in [0.1, 0.15) is 33.6 Å². The minimum Gasteiger partial charge on any atom is -0.314 e. The molecule has 1 aliphatic rings. The standard InChI is InChI=1S/C13H26N2/c1-5-8-14-13-7-9-15(10-11(13)3)12(4)6-2/h6,11-14H,2,5,7-10H2,1,3-4H3. The lowest BCUT2D eigenvalue weighted by Gasteiger charge is -2.39. The largest absolute Gasteiger partial charge is 0.314 e. The van der Waals surface area contributed by atoms with Crippen LogP contribution in [-0.4, -0.2) is 36.6 Å². The highest BCUT2D eigenvalue weighted by Crippen LogP contribution is 2.18. The maximum absolute atomic E-state index is 3.87. The van der Waals surface area contributed by atoms with Crippen molar-refractivity contribution in [2.45, 2.75) is 45.7 Å². The second-order valence-electron chi connectivity index (χ2n) is 4.80. The van der Waals surface area contributed by atoms with Crippen LogP contribution in [0.4, 0.5) is 0 Å². The lowest BCUT2D eigenvalue weighted by molar-refractivity contribution is 0.129. The smallest absolute Gasteiger partial charge is 0.0247 e. The highest BCUT2D eigenvalue weighted by Gasteiger charge is 2.26. The Morgan fingerprint density at radius 2 is 2.33 bits per heavy atom. The Morgan fingerprint density at radius 3 is 2.87 bits per heavy atom. The second kappa shape index (κ2) is 6.29. The molecule has 1 saturated heterocycles. The number of hydrogen-bond donors (Lipinski definition) is 1. The number of nitrogens with zero attached hydrogens (tertiary/aromatic N) is 1. The molecule has 0 spiro atoms. The molecule has 2 heteroatoms. The van der Waals surface area contributed by atoms with Crippen molar-refractivity contribution in [3.05, 3.63) is 12.7 Å². The summed E-state index contributed by atoms with van der Waals surface area (Å²) < 4.78 is 0. The first-order valence-corrected chi connectivity index (χ1v) is 6.29. The summed E-state index contributed by atoms with van der Waals surface area (Å²) in [6, 6.07) is 1.25. The fourth-order valence-electron chi connectivity index (χ4n) is 2.33. The first-order chi connectivity index (χ1) is 7.19. The zero-order chi connectivity index (χ0) is 11.3. The highest BCUT2D eigenvalue weighted by molar-refractivity contribution is 4.90. The maximum atomic E-state index is 3.87. The molecular weight excluding hydrogens is 184 g/mol. The van der Waals surface area contributed by atoms with Crippen LogP contribution in [0.5, 0.6) is 0 Å². The van der Waals surface area contributed by atoms with Crippen molar-refractivity contribution in [3.8, 4) is 0 Å². The second-order valence-corrected chi connectivity index (χ2v) is 4.80. The fraction of sp³-hybridized carbons (Fsp3) is 0.846. The molecule has 1 N–H and O–H groups in total. The Kier molecular flexibility index (Phi) is 5.34. The van der Waals surface area contributed by atoms with Gasteiger partial charge in [-0.15, -0.1) is 6.58 Å². The van der Waals surface area contributed by atoms with Gasteiger partial charge in [0.05, 0.1) is 0 Å². The average molecular weight is 210 g/mol. The fourth-order valence-corrected chi connectivity index (χ4v) is 2.33. The molecule has 0 aromatic carbocycles. The summed E-state index contributed by atoms with van der Waals surface area (Å²) in [5.74, 6) is 0.757. The van der Waals surface area contributed by atoms with Gasteiger partial charge in [0.25, 0.3) is 0 Å². The van der Waals surface area contributed by atoms with E-state index in [1.165, 1.54) is 25.9 Å². The molecular formula is C13H26N2. The van der Waals surface area contributed by atoms with E-state index in [2.05, 4.69) is 37.6 Å². The van der Waals surface area contributed by atoms with Crippen molar-refractivity contribution in [2.24, 2.45) is 5.92 Å². The molecule has 0 radical (unpaired) electrons. The van der Waals surface area contributed by atoms with Gasteiger partial charge in [-0.1, -0.05) is 19.9 Å². The van der Waals surface area contributed by atoms with Gasteiger partial charge < -0.3 is 5.32 Å². The van der Waals surface area contributed by atoms with Gasteiger partial charge in [-0.25, -0.2) is 0 Å². The summed E-state index contributed by atoms with van der Waals surface area (Å²) in [5, 5.41) is 3.65. The maximum Gasteiger partial charge on any atom is 0.0247 e. The van der Waals surface area contributed by atoms with Gasteiger partial charge in [-0.3, -0.25) is 4.90 Å². The average Bonchev–Trinajstić information content (AvgIpc) is 2.26. The molecule has 0 aromatic rings. The summed E-state index contributed by atoms with van der Waals surface area (Å²) in [5.41, 5.74) is 0. The van der Waals surface area contributed by atoms with Crippen LogP contribution in [0.15, 0.2) is 12.7 Å². The van der Waals surface area contributed by atoms with E-state index in [1.54, 1.807) is 0 Å². The Balaban J connectivity index is 2.37. The monoisotopic (exact) mass is 210 g/mol. The number of nitrogens with one attached hydrogen (secondary N) is 1. The van der Waals surface area contributed by atoms with E-state index in [9.17, 15) is 0 Å². The summed E-state index contributed by atoms with van der Waals surface area (Å²) in [6.07, 6.45) is 4.56. The number of hydrogen-bond acceptors (Lipinski definition) is 2. The Labute approximate surface area is 94.7 Å². The predicted molar refractivity (Wildman–Crippen MR) is 67.1 cm³/mol. The van der Waals surface area contributed by atoms with E-state index >= 15 is 0 Å². The molecule has 88 valence electrons. The minimum absolute atomic E-state index is 0.527. The van der Waals surface area contributed by atoms with Crippen molar-refractivity contribution in [1.29, 1.82) is 0 Å². The summed E-state index contributed by atoms with van der Waals surface area (Å²) in [7, 11) is 0. The lowest BCUT2D eigenvalue weighted by atomic mass is 9.93. The molecule has 1 heterocycles. The van der Waals surface area contributed by atoms with E-state index in [0.29, 0.717) is 6.04 Å². The van der Waals surface area contributed by atoms with Crippen molar-refractivity contribution in [2.75, 3.05) is 19.6 Å². The van der Waals surface area contributed by atoms with E-state index in [4.69, 9.17) is 0 Å². The topological polar surface area (TPSA) is 15.3 Å². The molecule has 1 aliphatic heterocycles. The number of piperidine rings is 1. The normalized spacial score (nSPS) is 30.1. The molecule has 15 heavy (non-hydrogen) atoms. The Hall–Kier alpha value is -0.340. The molecule has 0 amide bonds. The first-order valence-electron chi connectivity index (χ1n) is 6.29. The van der Waals surface area contributed by atoms with Crippen LogP contribution in [-0.2, 0) is 0 Å². The quantitative estimate of drug-likeness (QED) is 0.700. The minimum atomic E-state index is 0.527. The molecule has 3 atom stereocenters. The van der Waals surface area contributed by atoms with Crippen LogP contribution in [0.25, 0.3) is 0 Å². The van der Waals surface area contributed by atoms with Crippen molar-refractivity contribution >= 4 is 0 Å². The SMILES string of the molecule is C=CC(C)N1CCC(NCCC)C(C)C1. The van der Waals surface area contributed by atoms with Crippen LogP contribution < -0.4 is 5.32 Å². The van der Waals surface area contributed by atoms with Gasteiger partial charge in [0, 0.05) is 25.2 Å². The zero-order valence-electron chi connectivity index (χ0n) is 10.5. The van der Waals surface area contributed by atoms with Crippen LogP contribution in [0, 0.1) is 5.92 Å².